The second-order valence-corrected chi connectivity index (χ2v) is 9.09. The van der Waals surface area contributed by atoms with Gasteiger partial charge in [0.1, 0.15) is 11.6 Å². The largest absolute Gasteiger partial charge is 0.416 e. The monoisotopic (exact) mass is 511 g/mol. The Labute approximate surface area is 212 Å². The van der Waals surface area contributed by atoms with E-state index in [1.807, 2.05) is 19.9 Å². The number of ether oxygens (including phenoxy) is 1. The topological polar surface area (TPSA) is 22.1 Å². The van der Waals surface area contributed by atoms with Crippen LogP contribution in [0.5, 0.6) is 0 Å². The van der Waals surface area contributed by atoms with E-state index in [0.29, 0.717) is 17.7 Å². The minimum atomic E-state index is -4.40. The maximum Gasteiger partial charge on any atom is 0.416 e. The van der Waals surface area contributed by atoms with E-state index in [9.17, 15) is 22.0 Å². The van der Waals surface area contributed by atoms with Crippen molar-refractivity contribution in [3.8, 4) is 22.4 Å². The van der Waals surface area contributed by atoms with E-state index in [-0.39, 0.29) is 30.8 Å². The number of alkyl halides is 3. The zero-order chi connectivity index (χ0) is 26.6. The third-order valence-corrected chi connectivity index (χ3v) is 6.03. The predicted molar refractivity (Wildman–Crippen MR) is 134 cm³/mol. The van der Waals surface area contributed by atoms with Gasteiger partial charge in [-0.2, -0.15) is 13.2 Å². The van der Waals surface area contributed by atoms with Crippen LogP contribution in [0.1, 0.15) is 42.1 Å². The summed E-state index contributed by atoms with van der Waals surface area (Å²) in [5.74, 6) is -0.696. The first kappa shape index (κ1) is 26.5. The highest BCUT2D eigenvalue weighted by Gasteiger charge is 2.30. The van der Waals surface area contributed by atoms with Gasteiger partial charge in [-0.3, -0.25) is 4.98 Å². The van der Waals surface area contributed by atoms with Crippen molar-refractivity contribution in [1.29, 1.82) is 0 Å². The van der Waals surface area contributed by atoms with Crippen molar-refractivity contribution in [2.24, 2.45) is 0 Å². The van der Waals surface area contributed by atoms with Crippen LogP contribution in [-0.2, 0) is 23.9 Å². The zero-order valence-corrected chi connectivity index (χ0v) is 20.4. The third kappa shape index (κ3) is 6.60. The molecule has 0 unspecified atom stereocenters. The quantitative estimate of drug-likeness (QED) is 0.175. The van der Waals surface area contributed by atoms with Crippen LogP contribution in [0.2, 0.25) is 0 Å². The average Bonchev–Trinajstić information content (AvgIpc) is 2.87. The molecule has 0 N–H and O–H groups in total. The van der Waals surface area contributed by atoms with Crippen LogP contribution >= 0.6 is 0 Å². The fraction of sp³-hybridized carbons (Fsp3) is 0.233. The smallest absolute Gasteiger partial charge is 0.376 e. The lowest BCUT2D eigenvalue weighted by atomic mass is 9.93. The summed E-state index contributed by atoms with van der Waals surface area (Å²) in [6.07, 6.45) is -4.08. The number of rotatable bonds is 8. The number of nitrogens with zero attached hydrogens (tertiary/aromatic N) is 1. The lowest BCUT2D eigenvalue weighted by Gasteiger charge is -2.19. The second kappa shape index (κ2) is 11.2. The van der Waals surface area contributed by atoms with Crippen molar-refractivity contribution in [1.82, 2.24) is 4.98 Å². The molecule has 0 aliphatic rings. The van der Waals surface area contributed by atoms with Crippen molar-refractivity contribution in [2.45, 2.75) is 39.0 Å². The van der Waals surface area contributed by atoms with Gasteiger partial charge < -0.3 is 4.74 Å². The maximum absolute atomic E-state index is 13.7. The van der Waals surface area contributed by atoms with Gasteiger partial charge in [-0.05, 0) is 77.6 Å². The molecule has 37 heavy (non-hydrogen) atoms. The lowest BCUT2D eigenvalue weighted by Crippen LogP contribution is -2.09. The van der Waals surface area contributed by atoms with Crippen molar-refractivity contribution in [2.75, 3.05) is 6.61 Å². The summed E-state index contributed by atoms with van der Waals surface area (Å²) < 4.78 is 72.2. The maximum atomic E-state index is 13.7. The molecule has 192 valence electrons. The molecular weight excluding hydrogens is 485 g/mol. The summed E-state index contributed by atoms with van der Waals surface area (Å²) in [6, 6.07) is 19.2. The summed E-state index contributed by atoms with van der Waals surface area (Å²) in [4.78, 5) is 4.85. The summed E-state index contributed by atoms with van der Waals surface area (Å²) in [5, 5.41) is 0. The van der Waals surface area contributed by atoms with Crippen LogP contribution < -0.4 is 0 Å². The van der Waals surface area contributed by atoms with E-state index in [1.165, 1.54) is 30.3 Å². The molecule has 0 amide bonds. The molecule has 0 spiro atoms. The molecule has 0 aliphatic heterocycles. The normalized spacial score (nSPS) is 11.8. The summed E-state index contributed by atoms with van der Waals surface area (Å²) in [6.45, 7) is 4.38. The molecule has 0 radical (unpaired) electrons. The highest BCUT2D eigenvalue weighted by molar-refractivity contribution is 5.74. The van der Waals surface area contributed by atoms with Gasteiger partial charge in [0.2, 0.25) is 0 Å². The Morgan fingerprint density at radius 2 is 1.43 bits per heavy atom. The van der Waals surface area contributed by atoms with E-state index < -0.39 is 11.7 Å². The van der Waals surface area contributed by atoms with Crippen LogP contribution in [0.25, 0.3) is 22.4 Å². The SMILES string of the molecule is CC(C)c1nc(-c2ccc(F)cc2)cc(-c2ccc(F)cc2)c1COCCc1cccc(C(F)(F)F)c1. The van der Waals surface area contributed by atoms with Gasteiger partial charge in [-0.1, -0.05) is 44.2 Å². The summed E-state index contributed by atoms with van der Waals surface area (Å²) >= 11 is 0. The molecular formula is C30H26F5NO. The van der Waals surface area contributed by atoms with E-state index in [1.54, 1.807) is 30.3 Å². The van der Waals surface area contributed by atoms with E-state index in [0.717, 1.165) is 40.1 Å². The molecule has 0 bridgehead atoms. The van der Waals surface area contributed by atoms with Crippen LogP contribution in [0.15, 0.2) is 78.9 Å². The molecule has 0 saturated carbocycles. The van der Waals surface area contributed by atoms with Gasteiger partial charge in [0.25, 0.3) is 0 Å². The highest BCUT2D eigenvalue weighted by atomic mass is 19.4. The van der Waals surface area contributed by atoms with Crippen molar-refractivity contribution >= 4 is 0 Å². The fourth-order valence-corrected chi connectivity index (χ4v) is 4.14. The molecule has 1 heterocycles. The Hall–Kier alpha value is -3.58. The van der Waals surface area contributed by atoms with E-state index in [2.05, 4.69) is 0 Å². The standard InChI is InChI=1S/C30H26F5NO/c1-19(2)29-27(18-37-15-14-20-4-3-5-23(16-20)30(33,34)35)26(21-6-10-24(31)11-7-21)17-28(36-29)22-8-12-25(32)13-9-22/h3-13,16-17,19H,14-15,18H2,1-2H3. The molecule has 0 aliphatic carbocycles. The molecule has 4 rings (SSSR count). The number of benzene rings is 3. The number of halogens is 5. The third-order valence-electron chi connectivity index (χ3n) is 6.03. The van der Waals surface area contributed by atoms with E-state index >= 15 is 0 Å². The molecule has 0 saturated heterocycles. The van der Waals surface area contributed by atoms with Gasteiger partial charge >= 0.3 is 6.18 Å². The minimum absolute atomic E-state index is 0.0154. The van der Waals surface area contributed by atoms with Gasteiger partial charge in [0, 0.05) is 16.8 Å². The Kier molecular flexibility index (Phi) is 8.03. The highest BCUT2D eigenvalue weighted by Crippen LogP contribution is 2.34. The van der Waals surface area contributed by atoms with Crippen molar-refractivity contribution in [3.63, 3.8) is 0 Å². The number of aromatic nitrogens is 1. The first-order valence-corrected chi connectivity index (χ1v) is 11.9. The first-order chi connectivity index (χ1) is 17.6. The van der Waals surface area contributed by atoms with Crippen molar-refractivity contribution < 1.29 is 26.7 Å². The van der Waals surface area contributed by atoms with Gasteiger partial charge in [0.05, 0.1) is 24.5 Å². The Morgan fingerprint density at radius 1 is 0.811 bits per heavy atom. The summed E-state index contributed by atoms with van der Waals surface area (Å²) in [5.41, 5.74) is 4.40. The van der Waals surface area contributed by atoms with Crippen molar-refractivity contribution in [3.05, 3.63) is 113 Å². The molecule has 0 fully saturated rings. The molecule has 3 aromatic carbocycles. The van der Waals surface area contributed by atoms with Gasteiger partial charge in [-0.25, -0.2) is 8.78 Å². The lowest BCUT2D eigenvalue weighted by molar-refractivity contribution is -0.137. The van der Waals surface area contributed by atoms with E-state index in [4.69, 9.17) is 9.72 Å². The van der Waals surface area contributed by atoms with Crippen LogP contribution in [0, 0.1) is 11.6 Å². The molecule has 4 aromatic rings. The molecule has 2 nitrogen and oxygen atoms in total. The number of hydrogen-bond donors (Lipinski definition) is 0. The molecule has 7 heteroatoms. The molecule has 1 aromatic heterocycles. The fourth-order valence-electron chi connectivity index (χ4n) is 4.14. The average molecular weight is 512 g/mol. The Balaban J connectivity index is 1.64. The number of pyridine rings is 1. The Bertz CT molecular complexity index is 1350. The molecule has 0 atom stereocenters. The first-order valence-electron chi connectivity index (χ1n) is 11.9. The van der Waals surface area contributed by atoms with Gasteiger partial charge in [0.15, 0.2) is 0 Å². The number of hydrogen-bond acceptors (Lipinski definition) is 2. The van der Waals surface area contributed by atoms with Gasteiger partial charge in [-0.15, -0.1) is 0 Å². The predicted octanol–water partition coefficient (Wildman–Crippen LogP) is 8.60. The zero-order valence-electron chi connectivity index (χ0n) is 20.4. The Morgan fingerprint density at radius 3 is 2.03 bits per heavy atom. The van der Waals surface area contributed by atoms with Crippen LogP contribution in [0.4, 0.5) is 22.0 Å². The van der Waals surface area contributed by atoms with Crippen LogP contribution in [0.3, 0.4) is 0 Å². The second-order valence-electron chi connectivity index (χ2n) is 9.09. The summed E-state index contributed by atoms with van der Waals surface area (Å²) in [7, 11) is 0. The minimum Gasteiger partial charge on any atom is -0.376 e. The van der Waals surface area contributed by atoms with Crippen LogP contribution in [-0.4, -0.2) is 11.6 Å².